The first-order chi connectivity index (χ1) is 9.24. The molecule has 1 amide bonds. The first-order valence-electron chi connectivity index (χ1n) is 7.30. The summed E-state index contributed by atoms with van der Waals surface area (Å²) in [5.41, 5.74) is 1.31. The molecule has 0 radical (unpaired) electrons. The minimum Gasteiger partial charge on any atom is -0.353 e. The van der Waals surface area contributed by atoms with E-state index in [0.717, 1.165) is 32.2 Å². The summed E-state index contributed by atoms with van der Waals surface area (Å²) in [5.74, 6) is 0.204. The van der Waals surface area contributed by atoms with Crippen LogP contribution in [0.4, 0.5) is 0 Å². The maximum atomic E-state index is 11.9. The van der Waals surface area contributed by atoms with E-state index < -0.39 is 0 Å². The molecule has 2 rings (SSSR count). The number of carbonyl (C=O) groups excluding carboxylic acids is 1. The van der Waals surface area contributed by atoms with Crippen LogP contribution in [-0.2, 0) is 11.2 Å². The quantitative estimate of drug-likeness (QED) is 0.877. The van der Waals surface area contributed by atoms with Crippen LogP contribution < -0.4 is 10.6 Å². The minimum absolute atomic E-state index is 0. The van der Waals surface area contributed by atoms with E-state index in [1.807, 2.05) is 18.2 Å². The highest BCUT2D eigenvalue weighted by atomic mass is 35.5. The monoisotopic (exact) mass is 296 g/mol. The van der Waals surface area contributed by atoms with Gasteiger partial charge in [0.15, 0.2) is 0 Å². The molecule has 112 valence electrons. The molecular weight excluding hydrogens is 272 g/mol. The lowest BCUT2D eigenvalue weighted by Gasteiger charge is -2.28. The summed E-state index contributed by atoms with van der Waals surface area (Å²) in [6.45, 7) is 3.18. The van der Waals surface area contributed by atoms with Crippen LogP contribution in [0, 0.1) is 0 Å². The highest BCUT2D eigenvalue weighted by Crippen LogP contribution is 2.09. The van der Waals surface area contributed by atoms with E-state index in [2.05, 4.69) is 29.7 Å². The SMILES string of the molecule is CC1CC(NC(=O)CCCc2ccccc2)CCN1.Cl. The fourth-order valence-electron chi connectivity index (χ4n) is 2.66. The van der Waals surface area contributed by atoms with Gasteiger partial charge in [-0.15, -0.1) is 12.4 Å². The number of carbonyl (C=O) groups is 1. The molecule has 1 aromatic rings. The molecule has 1 fully saturated rings. The molecule has 1 aromatic carbocycles. The van der Waals surface area contributed by atoms with Crippen LogP contribution in [0.3, 0.4) is 0 Å². The molecule has 0 bridgehead atoms. The molecule has 4 heteroatoms. The molecule has 1 heterocycles. The molecule has 1 aliphatic rings. The van der Waals surface area contributed by atoms with Crippen LogP contribution in [0.1, 0.15) is 38.2 Å². The molecule has 0 saturated carbocycles. The van der Waals surface area contributed by atoms with Crippen molar-refractivity contribution in [3.63, 3.8) is 0 Å². The number of aryl methyl sites for hydroxylation is 1. The second kappa shape index (κ2) is 8.98. The van der Waals surface area contributed by atoms with Crippen LogP contribution >= 0.6 is 12.4 Å². The average molecular weight is 297 g/mol. The van der Waals surface area contributed by atoms with Crippen LogP contribution in [0.5, 0.6) is 0 Å². The Morgan fingerprint density at radius 2 is 2.10 bits per heavy atom. The summed E-state index contributed by atoms with van der Waals surface area (Å²) < 4.78 is 0. The Morgan fingerprint density at radius 1 is 1.35 bits per heavy atom. The van der Waals surface area contributed by atoms with Crippen molar-refractivity contribution < 1.29 is 4.79 Å². The van der Waals surface area contributed by atoms with Gasteiger partial charge in [0.25, 0.3) is 0 Å². The summed E-state index contributed by atoms with van der Waals surface area (Å²) in [6, 6.07) is 11.2. The van der Waals surface area contributed by atoms with Crippen LogP contribution in [-0.4, -0.2) is 24.5 Å². The second-order valence-corrected chi connectivity index (χ2v) is 5.48. The lowest BCUT2D eigenvalue weighted by molar-refractivity contribution is -0.122. The number of amides is 1. The zero-order valence-corrected chi connectivity index (χ0v) is 12.9. The fourth-order valence-corrected chi connectivity index (χ4v) is 2.66. The van der Waals surface area contributed by atoms with E-state index in [4.69, 9.17) is 0 Å². The molecule has 0 spiro atoms. The zero-order valence-electron chi connectivity index (χ0n) is 12.1. The van der Waals surface area contributed by atoms with Crippen molar-refractivity contribution in [3.05, 3.63) is 35.9 Å². The molecular formula is C16H25ClN2O. The van der Waals surface area contributed by atoms with E-state index in [9.17, 15) is 4.79 Å². The third kappa shape index (κ3) is 5.93. The highest BCUT2D eigenvalue weighted by molar-refractivity contribution is 5.85. The van der Waals surface area contributed by atoms with Crippen LogP contribution in [0.2, 0.25) is 0 Å². The summed E-state index contributed by atoms with van der Waals surface area (Å²) in [4.78, 5) is 11.9. The number of halogens is 1. The van der Waals surface area contributed by atoms with Crippen LogP contribution in [0.25, 0.3) is 0 Å². The largest absolute Gasteiger partial charge is 0.353 e. The van der Waals surface area contributed by atoms with Gasteiger partial charge in [0.2, 0.25) is 5.91 Å². The van der Waals surface area contributed by atoms with Gasteiger partial charge in [-0.3, -0.25) is 4.79 Å². The van der Waals surface area contributed by atoms with Gasteiger partial charge < -0.3 is 10.6 Å². The number of piperidine rings is 1. The number of benzene rings is 1. The molecule has 0 aromatic heterocycles. The van der Waals surface area contributed by atoms with E-state index in [1.54, 1.807) is 0 Å². The lowest BCUT2D eigenvalue weighted by Crippen LogP contribution is -2.46. The van der Waals surface area contributed by atoms with Gasteiger partial charge in [0, 0.05) is 18.5 Å². The van der Waals surface area contributed by atoms with Gasteiger partial charge >= 0.3 is 0 Å². The Balaban J connectivity index is 0.00000200. The molecule has 3 nitrogen and oxygen atoms in total. The minimum atomic E-state index is 0. The Kier molecular flexibility index (Phi) is 7.63. The van der Waals surface area contributed by atoms with Gasteiger partial charge in [0.1, 0.15) is 0 Å². The van der Waals surface area contributed by atoms with Gasteiger partial charge in [-0.25, -0.2) is 0 Å². The third-order valence-electron chi connectivity index (χ3n) is 3.70. The summed E-state index contributed by atoms with van der Waals surface area (Å²) in [7, 11) is 0. The van der Waals surface area contributed by atoms with Gasteiger partial charge in [0.05, 0.1) is 0 Å². The molecule has 1 saturated heterocycles. The van der Waals surface area contributed by atoms with Crippen molar-refractivity contribution in [1.82, 2.24) is 10.6 Å². The van der Waals surface area contributed by atoms with Crippen molar-refractivity contribution in [1.29, 1.82) is 0 Å². The normalized spacial score (nSPS) is 21.9. The van der Waals surface area contributed by atoms with E-state index in [1.165, 1.54) is 5.56 Å². The number of nitrogens with one attached hydrogen (secondary N) is 2. The van der Waals surface area contributed by atoms with E-state index in [-0.39, 0.29) is 18.3 Å². The summed E-state index contributed by atoms with van der Waals surface area (Å²) in [5, 5.41) is 6.56. The average Bonchev–Trinajstić information content (AvgIpc) is 2.40. The summed E-state index contributed by atoms with van der Waals surface area (Å²) >= 11 is 0. The predicted octanol–water partition coefficient (Wildman–Crippen LogP) is 2.69. The van der Waals surface area contributed by atoms with Gasteiger partial charge in [-0.1, -0.05) is 30.3 Å². The molecule has 1 aliphatic heterocycles. The predicted molar refractivity (Wildman–Crippen MR) is 85.3 cm³/mol. The maximum absolute atomic E-state index is 11.9. The van der Waals surface area contributed by atoms with Gasteiger partial charge in [-0.05, 0) is 44.7 Å². The lowest BCUT2D eigenvalue weighted by atomic mass is 10.0. The molecule has 2 unspecified atom stereocenters. The van der Waals surface area contributed by atoms with Crippen molar-refractivity contribution in [2.45, 2.75) is 51.1 Å². The maximum Gasteiger partial charge on any atom is 0.220 e. The number of hydrogen-bond acceptors (Lipinski definition) is 2. The fraction of sp³-hybridized carbons (Fsp3) is 0.562. The first kappa shape index (κ1) is 17.0. The number of hydrogen-bond donors (Lipinski definition) is 2. The highest BCUT2D eigenvalue weighted by Gasteiger charge is 2.19. The Morgan fingerprint density at radius 3 is 2.80 bits per heavy atom. The van der Waals surface area contributed by atoms with Crippen molar-refractivity contribution in [3.8, 4) is 0 Å². The van der Waals surface area contributed by atoms with Crippen molar-refractivity contribution >= 4 is 18.3 Å². The van der Waals surface area contributed by atoms with Crippen molar-refractivity contribution in [2.75, 3.05) is 6.54 Å². The first-order valence-corrected chi connectivity index (χ1v) is 7.30. The molecule has 20 heavy (non-hydrogen) atoms. The smallest absolute Gasteiger partial charge is 0.220 e. The molecule has 2 N–H and O–H groups in total. The Hall–Kier alpha value is -1.06. The van der Waals surface area contributed by atoms with Crippen LogP contribution in [0.15, 0.2) is 30.3 Å². The second-order valence-electron chi connectivity index (χ2n) is 5.48. The Labute approximate surface area is 127 Å². The summed E-state index contributed by atoms with van der Waals surface area (Å²) in [6.07, 6.45) is 4.64. The standard InChI is InChI=1S/C16H24N2O.ClH/c1-13-12-15(10-11-17-13)18-16(19)9-5-8-14-6-3-2-4-7-14;/h2-4,6-7,13,15,17H,5,8-12H2,1H3,(H,18,19);1H. The zero-order chi connectivity index (χ0) is 13.5. The Bertz CT molecular complexity index is 397. The van der Waals surface area contributed by atoms with E-state index in [0.29, 0.717) is 18.5 Å². The number of rotatable bonds is 5. The molecule has 0 aliphatic carbocycles. The van der Waals surface area contributed by atoms with Gasteiger partial charge in [-0.2, -0.15) is 0 Å². The topological polar surface area (TPSA) is 41.1 Å². The van der Waals surface area contributed by atoms with E-state index >= 15 is 0 Å². The third-order valence-corrected chi connectivity index (χ3v) is 3.70. The molecule has 2 atom stereocenters. The van der Waals surface area contributed by atoms with Crippen molar-refractivity contribution in [2.24, 2.45) is 0 Å².